The number of rotatable bonds is 4. The Bertz CT molecular complexity index is 784. The molecule has 2 aromatic rings. The molecule has 0 fully saturated rings. The molecule has 112 valence electrons. The Morgan fingerprint density at radius 1 is 1.19 bits per heavy atom. The number of sulfonamides is 1. The van der Waals surface area contributed by atoms with E-state index in [9.17, 15) is 17.2 Å². The van der Waals surface area contributed by atoms with Crippen molar-refractivity contribution in [2.75, 3.05) is 17.1 Å². The van der Waals surface area contributed by atoms with Gasteiger partial charge in [-0.05, 0) is 28.1 Å². The Kier molecular flexibility index (Phi) is 4.43. The molecule has 2 rings (SSSR count). The smallest absolute Gasteiger partial charge is 0.262 e. The third-order valence-electron chi connectivity index (χ3n) is 2.55. The van der Waals surface area contributed by atoms with Crippen molar-refractivity contribution in [3.8, 4) is 0 Å². The zero-order valence-electron chi connectivity index (χ0n) is 10.7. The number of halogens is 3. The fourth-order valence-electron chi connectivity index (χ4n) is 1.52. The Morgan fingerprint density at radius 3 is 2.57 bits per heavy atom. The van der Waals surface area contributed by atoms with Crippen molar-refractivity contribution in [1.29, 1.82) is 0 Å². The molecular weight excluding hydrogens is 368 g/mol. The lowest BCUT2D eigenvalue weighted by Gasteiger charge is -2.10. The number of benzene rings is 1. The van der Waals surface area contributed by atoms with Gasteiger partial charge >= 0.3 is 0 Å². The van der Waals surface area contributed by atoms with Gasteiger partial charge in [-0.2, -0.15) is 0 Å². The number of pyridine rings is 1. The minimum absolute atomic E-state index is 0.0488. The van der Waals surface area contributed by atoms with Gasteiger partial charge in [0, 0.05) is 25.4 Å². The van der Waals surface area contributed by atoms with Crippen LogP contribution in [0.1, 0.15) is 0 Å². The average Bonchev–Trinajstić information content (AvgIpc) is 2.44. The Labute approximate surface area is 128 Å². The van der Waals surface area contributed by atoms with E-state index in [0.29, 0.717) is 11.9 Å². The van der Waals surface area contributed by atoms with Crippen molar-refractivity contribution in [2.24, 2.45) is 0 Å². The van der Waals surface area contributed by atoms with Gasteiger partial charge < -0.3 is 5.32 Å². The van der Waals surface area contributed by atoms with Crippen molar-refractivity contribution in [2.45, 2.75) is 4.90 Å². The Morgan fingerprint density at radius 2 is 1.90 bits per heavy atom. The quantitative estimate of drug-likeness (QED) is 0.803. The second-order valence-corrected chi connectivity index (χ2v) is 6.52. The van der Waals surface area contributed by atoms with Crippen LogP contribution < -0.4 is 10.0 Å². The fourth-order valence-corrected chi connectivity index (χ4v) is 2.93. The highest BCUT2D eigenvalue weighted by atomic mass is 79.9. The molecule has 0 radical (unpaired) electrons. The summed E-state index contributed by atoms with van der Waals surface area (Å²) in [6.45, 7) is 0. The van der Waals surface area contributed by atoms with Crippen LogP contribution >= 0.6 is 15.9 Å². The Hall–Kier alpha value is -1.74. The highest BCUT2D eigenvalue weighted by molar-refractivity contribution is 9.10. The second-order valence-electron chi connectivity index (χ2n) is 3.98. The average molecular weight is 378 g/mol. The number of anilines is 2. The Balaban J connectivity index is 2.39. The molecule has 0 atom stereocenters. The van der Waals surface area contributed by atoms with E-state index < -0.39 is 21.7 Å². The summed E-state index contributed by atoms with van der Waals surface area (Å²) in [5.41, 5.74) is -0.355. The van der Waals surface area contributed by atoms with Crippen LogP contribution in [0.3, 0.4) is 0 Å². The molecule has 0 aliphatic carbocycles. The van der Waals surface area contributed by atoms with Crippen molar-refractivity contribution in [3.05, 3.63) is 46.6 Å². The van der Waals surface area contributed by atoms with E-state index in [1.54, 1.807) is 7.05 Å². The maximum atomic E-state index is 13.6. The van der Waals surface area contributed by atoms with E-state index in [-0.39, 0.29) is 15.1 Å². The highest BCUT2D eigenvalue weighted by Crippen LogP contribution is 2.26. The normalized spacial score (nSPS) is 11.2. The van der Waals surface area contributed by atoms with E-state index in [1.165, 1.54) is 18.3 Å². The van der Waals surface area contributed by atoms with Gasteiger partial charge in [0.1, 0.15) is 17.5 Å². The molecule has 0 bridgehead atoms. The van der Waals surface area contributed by atoms with Crippen LogP contribution in [0.25, 0.3) is 0 Å². The van der Waals surface area contributed by atoms with Gasteiger partial charge in [0.25, 0.3) is 10.0 Å². The molecule has 5 nitrogen and oxygen atoms in total. The van der Waals surface area contributed by atoms with E-state index in [4.69, 9.17) is 0 Å². The first-order valence-electron chi connectivity index (χ1n) is 5.64. The maximum absolute atomic E-state index is 13.6. The van der Waals surface area contributed by atoms with Gasteiger partial charge in [-0.25, -0.2) is 22.2 Å². The van der Waals surface area contributed by atoms with Crippen molar-refractivity contribution < 1.29 is 17.2 Å². The zero-order chi connectivity index (χ0) is 15.6. The number of aromatic nitrogens is 1. The summed E-state index contributed by atoms with van der Waals surface area (Å²) in [4.78, 5) is 3.79. The molecule has 9 heteroatoms. The first-order valence-corrected chi connectivity index (χ1v) is 7.92. The minimum atomic E-state index is -4.01. The summed E-state index contributed by atoms with van der Waals surface area (Å²) in [7, 11) is -2.43. The van der Waals surface area contributed by atoms with Crippen LogP contribution in [0.15, 0.2) is 39.8 Å². The number of hydrogen-bond acceptors (Lipinski definition) is 4. The molecule has 21 heavy (non-hydrogen) atoms. The summed E-state index contributed by atoms with van der Waals surface area (Å²) in [5, 5.41) is 2.70. The molecular formula is C12H10BrF2N3O2S. The molecule has 0 spiro atoms. The third-order valence-corrected chi connectivity index (χ3v) is 4.52. The summed E-state index contributed by atoms with van der Waals surface area (Å²) in [5.74, 6) is -1.49. The maximum Gasteiger partial charge on any atom is 0.262 e. The summed E-state index contributed by atoms with van der Waals surface area (Å²) in [6, 6.07) is 4.16. The van der Waals surface area contributed by atoms with Crippen LogP contribution in [-0.2, 0) is 10.0 Å². The molecule has 0 saturated carbocycles. The van der Waals surface area contributed by atoms with E-state index in [1.807, 2.05) is 0 Å². The van der Waals surface area contributed by atoms with E-state index in [2.05, 4.69) is 31.0 Å². The van der Waals surface area contributed by atoms with Gasteiger partial charge in [0.15, 0.2) is 0 Å². The third kappa shape index (κ3) is 3.48. The van der Waals surface area contributed by atoms with Crippen LogP contribution in [0.5, 0.6) is 0 Å². The lowest BCUT2D eigenvalue weighted by Crippen LogP contribution is -2.14. The molecule has 0 aliphatic heterocycles. The largest absolute Gasteiger partial charge is 0.373 e. The second kappa shape index (κ2) is 5.94. The summed E-state index contributed by atoms with van der Waals surface area (Å²) >= 11 is 2.87. The van der Waals surface area contributed by atoms with Crippen molar-refractivity contribution in [1.82, 2.24) is 4.98 Å². The molecule has 1 heterocycles. The zero-order valence-corrected chi connectivity index (χ0v) is 13.1. The topological polar surface area (TPSA) is 71.1 Å². The summed E-state index contributed by atoms with van der Waals surface area (Å²) < 4.78 is 53.1. The predicted molar refractivity (Wildman–Crippen MR) is 78.7 cm³/mol. The standard InChI is InChI=1S/C12H10BrF2N3O2S/c1-16-12-4-7(2-3-17-12)21(19,20)18-11-5-8(13)9(14)6-10(11)15/h2-6,18H,1H3,(H,16,17). The van der Waals surface area contributed by atoms with Crippen molar-refractivity contribution >= 4 is 37.5 Å². The minimum Gasteiger partial charge on any atom is -0.373 e. The fraction of sp³-hybridized carbons (Fsp3) is 0.0833. The van der Waals surface area contributed by atoms with Gasteiger partial charge in [0.2, 0.25) is 0 Å². The van der Waals surface area contributed by atoms with Gasteiger partial charge in [-0.3, -0.25) is 4.72 Å². The van der Waals surface area contributed by atoms with Crippen molar-refractivity contribution in [3.63, 3.8) is 0 Å². The van der Waals surface area contributed by atoms with E-state index >= 15 is 0 Å². The lowest BCUT2D eigenvalue weighted by molar-refractivity contribution is 0.579. The predicted octanol–water partition coefficient (Wildman–Crippen LogP) is 2.96. The van der Waals surface area contributed by atoms with Crippen LogP contribution in [0.4, 0.5) is 20.3 Å². The number of nitrogens with zero attached hydrogens (tertiary/aromatic N) is 1. The van der Waals surface area contributed by atoms with Gasteiger partial charge in [0.05, 0.1) is 15.1 Å². The number of nitrogens with one attached hydrogen (secondary N) is 2. The molecule has 0 saturated heterocycles. The van der Waals surface area contributed by atoms with Gasteiger partial charge in [-0.15, -0.1) is 0 Å². The van der Waals surface area contributed by atoms with Crippen LogP contribution in [0.2, 0.25) is 0 Å². The molecule has 1 aromatic carbocycles. The van der Waals surface area contributed by atoms with E-state index in [0.717, 1.165) is 6.07 Å². The molecule has 1 aromatic heterocycles. The first-order chi connectivity index (χ1) is 9.83. The SMILES string of the molecule is CNc1cc(S(=O)(=O)Nc2cc(Br)c(F)cc2F)ccn1. The molecule has 2 N–H and O–H groups in total. The van der Waals surface area contributed by atoms with Crippen LogP contribution in [0, 0.1) is 11.6 Å². The summed E-state index contributed by atoms with van der Waals surface area (Å²) in [6.07, 6.45) is 1.30. The monoisotopic (exact) mass is 377 g/mol. The lowest BCUT2D eigenvalue weighted by atomic mass is 10.3. The first kappa shape index (κ1) is 15.6. The molecule has 0 unspecified atom stereocenters. The molecule has 0 amide bonds. The van der Waals surface area contributed by atoms with Gasteiger partial charge in [-0.1, -0.05) is 0 Å². The van der Waals surface area contributed by atoms with Crippen LogP contribution in [-0.4, -0.2) is 20.4 Å². The number of hydrogen-bond donors (Lipinski definition) is 2. The highest BCUT2D eigenvalue weighted by Gasteiger charge is 2.18. The molecule has 0 aliphatic rings.